The topological polar surface area (TPSA) is 253 Å². The van der Waals surface area contributed by atoms with Gasteiger partial charge in [-0.05, 0) is 55.0 Å². The second-order valence-corrected chi connectivity index (χ2v) is 10.2. The van der Waals surface area contributed by atoms with E-state index in [0.717, 1.165) is 16.3 Å². The lowest BCUT2D eigenvalue weighted by Gasteiger charge is -2.06. The van der Waals surface area contributed by atoms with Gasteiger partial charge >= 0.3 is 21.2 Å². The fraction of sp³-hybridized carbons (Fsp3) is 0.0645. The predicted octanol–water partition coefficient (Wildman–Crippen LogP) is 7.34. The van der Waals surface area contributed by atoms with Gasteiger partial charge in [0.05, 0.1) is 35.5 Å². The maximum atomic E-state index is 10.5. The van der Waals surface area contributed by atoms with Gasteiger partial charge in [-0.1, -0.05) is 30.3 Å². The number of hydrogen-bond acceptors (Lipinski definition) is 17. The quantitative estimate of drug-likeness (QED) is 0.112. The molecule has 0 spiro atoms. The molecule has 0 aliphatic rings. The SMILES string of the molecule is COc1cc(N=Nc2ccc(OC=O)c(O)c2)ccc1N=Nc1ccc(N=Nc2ccc(C)c(O)c2)c2ccccc12.O=S(=O)=O.O=S(=O)=O. The monoisotopic (exact) mass is 720 g/mol. The van der Waals surface area contributed by atoms with E-state index in [1.165, 1.54) is 19.2 Å². The molecule has 0 amide bonds. The standard InChI is InChI=1S/C31H24N6O5.2O3S/c1-19-7-8-20(15-28(19)39)34-35-25-12-13-26(24-6-4-3-5-23(24)25)36-37-27-11-9-22(17-31(27)41-2)33-32-21-10-14-30(42-18-38)29(40)16-21;2*1-4(2)3/h3-18,39-40H,1-2H3;;. The smallest absolute Gasteiger partial charge is 0.425 e. The lowest BCUT2D eigenvalue weighted by molar-refractivity contribution is -0.120. The van der Waals surface area contributed by atoms with Gasteiger partial charge < -0.3 is 19.7 Å². The molecule has 0 heterocycles. The number of nitrogens with zero attached hydrogens (tertiary/aromatic N) is 6. The molecule has 0 saturated heterocycles. The minimum atomic E-state index is -3.11. The highest BCUT2D eigenvalue weighted by atomic mass is 32.2. The van der Waals surface area contributed by atoms with E-state index in [1.807, 2.05) is 43.3 Å². The van der Waals surface area contributed by atoms with Crippen molar-refractivity contribution in [2.24, 2.45) is 30.7 Å². The molecule has 0 unspecified atom stereocenters. The first kappa shape index (κ1) is 37.7. The molecular weight excluding hydrogens is 697 g/mol. The number of aromatic hydroxyl groups is 2. The number of benzene rings is 5. The average Bonchev–Trinajstić information content (AvgIpc) is 3.08. The molecule has 0 bridgehead atoms. The van der Waals surface area contributed by atoms with Crippen LogP contribution in [0.15, 0.2) is 122 Å². The molecular formula is C31H24N6O11S2. The number of ether oxygens (including phenoxy) is 2. The number of aryl methyl sites for hydroxylation is 1. The Labute approximate surface area is 286 Å². The van der Waals surface area contributed by atoms with Crippen LogP contribution in [0.1, 0.15) is 5.56 Å². The summed E-state index contributed by atoms with van der Waals surface area (Å²) in [6.07, 6.45) is 0. The van der Waals surface area contributed by atoms with Gasteiger partial charge in [0, 0.05) is 29.0 Å². The maximum absolute atomic E-state index is 10.5. The molecule has 0 atom stereocenters. The van der Waals surface area contributed by atoms with Crippen LogP contribution in [0.25, 0.3) is 10.8 Å². The third kappa shape index (κ3) is 11.5. The van der Waals surface area contributed by atoms with E-state index in [1.54, 1.807) is 42.5 Å². The molecule has 5 rings (SSSR count). The van der Waals surface area contributed by atoms with Crippen molar-refractivity contribution < 1.29 is 49.7 Å². The van der Waals surface area contributed by atoms with E-state index in [2.05, 4.69) is 35.4 Å². The fourth-order valence-corrected chi connectivity index (χ4v) is 3.97. The average molecular weight is 721 g/mol. The molecule has 256 valence electrons. The van der Waals surface area contributed by atoms with Gasteiger partial charge in [0.15, 0.2) is 11.5 Å². The van der Waals surface area contributed by atoms with Gasteiger partial charge in [-0.2, -0.15) is 15.3 Å². The minimum absolute atomic E-state index is 0.0236. The Morgan fingerprint density at radius 1 is 0.560 bits per heavy atom. The van der Waals surface area contributed by atoms with Crippen molar-refractivity contribution in [2.75, 3.05) is 7.11 Å². The Bertz CT molecular complexity index is 2290. The lowest BCUT2D eigenvalue weighted by atomic mass is 10.1. The predicted molar refractivity (Wildman–Crippen MR) is 177 cm³/mol. The van der Waals surface area contributed by atoms with Crippen molar-refractivity contribution in [2.45, 2.75) is 6.92 Å². The van der Waals surface area contributed by atoms with E-state index in [-0.39, 0.29) is 23.7 Å². The molecule has 2 N–H and O–H groups in total. The molecule has 19 heteroatoms. The first-order chi connectivity index (χ1) is 23.9. The summed E-state index contributed by atoms with van der Waals surface area (Å²) in [5.41, 5.74) is 3.92. The second-order valence-electron chi connectivity index (χ2n) is 9.35. The number of carbonyl (C=O) groups excluding carboxylic acids is 1. The summed E-state index contributed by atoms with van der Waals surface area (Å²) in [7, 11) is -4.71. The molecule has 0 radical (unpaired) electrons. The number of azo groups is 3. The number of phenols is 2. The molecule has 50 heavy (non-hydrogen) atoms. The number of rotatable bonds is 9. The highest BCUT2D eigenvalue weighted by Gasteiger charge is 2.08. The van der Waals surface area contributed by atoms with Gasteiger partial charge in [0.2, 0.25) is 0 Å². The minimum Gasteiger partial charge on any atom is -0.508 e. The summed E-state index contributed by atoms with van der Waals surface area (Å²) in [5, 5.41) is 47.4. The molecule has 17 nitrogen and oxygen atoms in total. The summed E-state index contributed by atoms with van der Waals surface area (Å²) < 4.78 is 60.8. The maximum Gasteiger partial charge on any atom is 0.425 e. The van der Waals surface area contributed by atoms with Gasteiger partial charge in [-0.15, -0.1) is 40.6 Å². The van der Waals surface area contributed by atoms with Gasteiger partial charge in [-0.25, -0.2) is 0 Å². The summed E-state index contributed by atoms with van der Waals surface area (Å²) in [5.74, 6) is 0.387. The normalized spacial score (nSPS) is 10.7. The zero-order valence-electron chi connectivity index (χ0n) is 25.8. The van der Waals surface area contributed by atoms with Gasteiger partial charge in [0.1, 0.15) is 17.2 Å². The van der Waals surface area contributed by atoms with E-state index in [0.29, 0.717) is 39.9 Å². The Morgan fingerprint density at radius 2 is 1.00 bits per heavy atom. The first-order valence-electron chi connectivity index (χ1n) is 13.6. The van der Waals surface area contributed by atoms with Crippen molar-refractivity contribution in [1.29, 1.82) is 0 Å². The van der Waals surface area contributed by atoms with Crippen molar-refractivity contribution in [3.63, 3.8) is 0 Å². The number of hydrogen-bond donors (Lipinski definition) is 2. The zero-order valence-corrected chi connectivity index (χ0v) is 27.4. The molecule has 5 aromatic carbocycles. The second kappa shape index (κ2) is 18.6. The van der Waals surface area contributed by atoms with E-state index in [4.69, 9.17) is 30.0 Å². The third-order valence-corrected chi connectivity index (χ3v) is 6.17. The van der Waals surface area contributed by atoms with Crippen molar-refractivity contribution in [1.82, 2.24) is 0 Å². The molecule has 0 aliphatic carbocycles. The van der Waals surface area contributed by atoms with E-state index >= 15 is 0 Å². The van der Waals surface area contributed by atoms with Gasteiger partial charge in [-0.3, -0.25) is 4.79 Å². The summed E-state index contributed by atoms with van der Waals surface area (Å²) in [6, 6.07) is 25.8. The van der Waals surface area contributed by atoms with Crippen LogP contribution in [0.2, 0.25) is 0 Å². The van der Waals surface area contributed by atoms with Crippen LogP contribution in [0, 0.1) is 6.92 Å². The van der Waals surface area contributed by atoms with Crippen LogP contribution in [-0.2, 0) is 26.0 Å². The summed E-state index contributed by atoms with van der Waals surface area (Å²) >= 11 is 0. The summed E-state index contributed by atoms with van der Waals surface area (Å²) in [4.78, 5) is 10.5. The fourth-order valence-electron chi connectivity index (χ4n) is 3.97. The number of fused-ring (bicyclic) bond motifs is 1. The van der Waals surface area contributed by atoms with Crippen LogP contribution in [0.4, 0.5) is 34.1 Å². The van der Waals surface area contributed by atoms with Crippen LogP contribution in [-0.4, -0.2) is 49.0 Å². The summed E-state index contributed by atoms with van der Waals surface area (Å²) in [6.45, 7) is 2.04. The largest absolute Gasteiger partial charge is 0.508 e. The van der Waals surface area contributed by atoms with Crippen LogP contribution >= 0.6 is 0 Å². The highest BCUT2D eigenvalue weighted by molar-refractivity contribution is 7.59. The van der Waals surface area contributed by atoms with Crippen molar-refractivity contribution in [3.05, 3.63) is 96.6 Å². The molecule has 0 fully saturated rings. The highest BCUT2D eigenvalue weighted by Crippen LogP contribution is 2.38. The van der Waals surface area contributed by atoms with Crippen LogP contribution < -0.4 is 9.47 Å². The molecule has 5 aromatic rings. The van der Waals surface area contributed by atoms with Crippen LogP contribution in [0.5, 0.6) is 23.0 Å². The zero-order chi connectivity index (χ0) is 36.6. The molecule has 0 saturated carbocycles. The van der Waals surface area contributed by atoms with E-state index in [9.17, 15) is 15.0 Å². The van der Waals surface area contributed by atoms with Crippen molar-refractivity contribution in [3.8, 4) is 23.0 Å². The van der Waals surface area contributed by atoms with Gasteiger partial charge in [0.25, 0.3) is 6.47 Å². The third-order valence-electron chi connectivity index (χ3n) is 6.17. The lowest BCUT2D eigenvalue weighted by Crippen LogP contribution is -1.87. The Kier molecular flexibility index (Phi) is 14.0. The Morgan fingerprint density at radius 3 is 1.52 bits per heavy atom. The number of carbonyl (C=O) groups is 1. The number of phenolic OH excluding ortho intramolecular Hbond substituents is 2. The van der Waals surface area contributed by atoms with Crippen molar-refractivity contribution >= 4 is 72.6 Å². The Hall–Kier alpha value is -6.73. The first-order valence-corrected chi connectivity index (χ1v) is 15.6. The molecule has 0 aromatic heterocycles. The molecule has 0 aliphatic heterocycles. The number of methoxy groups -OCH3 is 1. The van der Waals surface area contributed by atoms with E-state index < -0.39 is 21.2 Å². The van der Waals surface area contributed by atoms with Crippen LogP contribution in [0.3, 0.4) is 0 Å². The Balaban J connectivity index is 0.000000764.